The first kappa shape index (κ1) is 20.3. The van der Waals surface area contributed by atoms with Gasteiger partial charge < -0.3 is 4.42 Å². The van der Waals surface area contributed by atoms with Crippen molar-refractivity contribution in [3.63, 3.8) is 0 Å². The zero-order valence-corrected chi connectivity index (χ0v) is 23.9. The number of nitrogens with zero attached hydrogens (tertiary/aromatic N) is 3. The fourth-order valence-electron chi connectivity index (χ4n) is 5.89. The van der Waals surface area contributed by atoms with Crippen LogP contribution in [0.3, 0.4) is 0 Å². The van der Waals surface area contributed by atoms with Crippen molar-refractivity contribution >= 4 is 53.4 Å². The van der Waals surface area contributed by atoms with Gasteiger partial charge in [0.1, 0.15) is 11.2 Å². The van der Waals surface area contributed by atoms with E-state index in [2.05, 4.69) is 53.5 Å². The standard InChI is InChI=1S/C39H23N3OS/c1-3-12-24(13-4-1)37-40-38(25-14-5-2-6-15-25)42-39(41-37)31-21-10-20-30-34-27(17-11-22-32(34)43-35(30)31)29-19-9-18-28-26-16-7-8-23-33(26)44-36(28)29/h1-23H/i1D,3D,4D,12D,13D. The van der Waals surface area contributed by atoms with E-state index in [0.29, 0.717) is 28.1 Å². The first-order valence-corrected chi connectivity index (χ1v) is 14.9. The molecule has 0 bridgehead atoms. The molecule has 0 fully saturated rings. The Morgan fingerprint density at radius 3 is 2.05 bits per heavy atom. The van der Waals surface area contributed by atoms with Crippen LogP contribution in [0.1, 0.15) is 6.85 Å². The van der Waals surface area contributed by atoms with Crippen molar-refractivity contribution in [3.05, 3.63) is 139 Å². The highest BCUT2D eigenvalue weighted by atomic mass is 32.1. The molecular weight excluding hydrogens is 559 g/mol. The minimum Gasteiger partial charge on any atom is -0.455 e. The number of hydrogen-bond donors (Lipinski definition) is 0. The summed E-state index contributed by atoms with van der Waals surface area (Å²) in [4.78, 5) is 14.2. The minimum atomic E-state index is -0.481. The quantitative estimate of drug-likeness (QED) is 0.206. The van der Waals surface area contributed by atoms with E-state index >= 15 is 0 Å². The number of fused-ring (bicyclic) bond motifs is 6. The van der Waals surface area contributed by atoms with E-state index in [4.69, 9.17) is 21.2 Å². The predicted molar refractivity (Wildman–Crippen MR) is 182 cm³/mol. The number of hydrogen-bond acceptors (Lipinski definition) is 5. The Balaban J connectivity index is 1.31. The van der Waals surface area contributed by atoms with Gasteiger partial charge in [-0.3, -0.25) is 0 Å². The maximum absolute atomic E-state index is 8.63. The normalized spacial score (nSPS) is 13.2. The lowest BCUT2D eigenvalue weighted by molar-refractivity contribution is 0.669. The minimum absolute atomic E-state index is 0.0221. The van der Waals surface area contributed by atoms with E-state index in [1.807, 2.05) is 60.7 Å². The topological polar surface area (TPSA) is 51.8 Å². The number of aromatic nitrogens is 3. The molecule has 0 aliphatic rings. The molecule has 0 unspecified atom stereocenters. The molecule has 9 aromatic rings. The van der Waals surface area contributed by atoms with Crippen molar-refractivity contribution in [1.82, 2.24) is 15.0 Å². The summed E-state index contributed by atoms with van der Waals surface area (Å²) in [6.07, 6.45) is 0. The molecule has 0 saturated carbocycles. The summed E-state index contributed by atoms with van der Waals surface area (Å²) >= 11 is 1.78. The second kappa shape index (κ2) is 9.97. The molecule has 0 N–H and O–H groups in total. The molecule has 0 spiro atoms. The van der Waals surface area contributed by atoms with E-state index in [0.717, 1.165) is 21.9 Å². The first-order valence-electron chi connectivity index (χ1n) is 16.6. The number of thiophene rings is 1. The van der Waals surface area contributed by atoms with Crippen molar-refractivity contribution in [1.29, 1.82) is 0 Å². The van der Waals surface area contributed by atoms with Crippen LogP contribution in [-0.4, -0.2) is 15.0 Å². The van der Waals surface area contributed by atoms with E-state index in [1.165, 1.54) is 20.2 Å². The Bertz CT molecular complexity index is 2770. The molecule has 0 aliphatic heterocycles. The molecule has 44 heavy (non-hydrogen) atoms. The Kier molecular flexibility index (Phi) is 4.60. The molecule has 9 rings (SSSR count). The molecule has 3 aromatic heterocycles. The van der Waals surface area contributed by atoms with Crippen LogP contribution in [0.25, 0.3) is 87.4 Å². The highest BCUT2D eigenvalue weighted by molar-refractivity contribution is 7.26. The van der Waals surface area contributed by atoms with Crippen molar-refractivity contribution in [3.8, 4) is 45.3 Å². The molecule has 0 atom stereocenters. The van der Waals surface area contributed by atoms with Gasteiger partial charge in [0.2, 0.25) is 0 Å². The second-order valence-corrected chi connectivity index (χ2v) is 11.5. The third kappa shape index (κ3) is 3.94. The highest BCUT2D eigenvalue weighted by Gasteiger charge is 2.20. The molecule has 3 heterocycles. The first-order chi connectivity index (χ1) is 23.9. The summed E-state index contributed by atoms with van der Waals surface area (Å²) in [5.74, 6) is 0.539. The average Bonchev–Trinajstić information content (AvgIpc) is 3.72. The van der Waals surface area contributed by atoms with Crippen LogP contribution in [-0.2, 0) is 0 Å². The highest BCUT2D eigenvalue weighted by Crippen LogP contribution is 2.45. The fraction of sp³-hybridized carbons (Fsp3) is 0. The maximum atomic E-state index is 8.63. The van der Waals surface area contributed by atoms with Gasteiger partial charge in [0.15, 0.2) is 17.5 Å². The van der Waals surface area contributed by atoms with Gasteiger partial charge in [-0.25, -0.2) is 15.0 Å². The van der Waals surface area contributed by atoms with E-state index in [-0.39, 0.29) is 29.3 Å². The van der Waals surface area contributed by atoms with Crippen LogP contribution in [0.2, 0.25) is 0 Å². The predicted octanol–water partition coefficient (Wildman–Crippen LogP) is 10.8. The van der Waals surface area contributed by atoms with Crippen LogP contribution in [0.5, 0.6) is 0 Å². The van der Waals surface area contributed by atoms with Gasteiger partial charge >= 0.3 is 0 Å². The van der Waals surface area contributed by atoms with Crippen molar-refractivity contribution in [2.45, 2.75) is 0 Å². The molecule has 0 aliphatic carbocycles. The molecular formula is C39H23N3OS. The lowest BCUT2D eigenvalue weighted by Crippen LogP contribution is -2.00. The smallest absolute Gasteiger partial charge is 0.167 e. The lowest BCUT2D eigenvalue weighted by Gasteiger charge is -2.09. The molecule has 0 saturated heterocycles. The van der Waals surface area contributed by atoms with E-state index in [9.17, 15) is 0 Å². The molecule has 0 radical (unpaired) electrons. The zero-order chi connectivity index (χ0) is 33.4. The Morgan fingerprint density at radius 1 is 0.523 bits per heavy atom. The lowest BCUT2D eigenvalue weighted by atomic mass is 9.97. The van der Waals surface area contributed by atoms with Gasteiger partial charge in [-0.05, 0) is 23.8 Å². The molecule has 206 valence electrons. The van der Waals surface area contributed by atoms with Crippen molar-refractivity contribution in [2.24, 2.45) is 0 Å². The van der Waals surface area contributed by atoms with Crippen LogP contribution in [0.4, 0.5) is 0 Å². The van der Waals surface area contributed by atoms with Crippen LogP contribution in [0.15, 0.2) is 144 Å². The second-order valence-electron chi connectivity index (χ2n) is 10.4. The van der Waals surface area contributed by atoms with E-state index < -0.39 is 18.1 Å². The fourth-order valence-corrected chi connectivity index (χ4v) is 7.12. The largest absolute Gasteiger partial charge is 0.455 e. The maximum Gasteiger partial charge on any atom is 0.167 e. The van der Waals surface area contributed by atoms with Gasteiger partial charge in [-0.1, -0.05) is 121 Å². The summed E-state index contributed by atoms with van der Waals surface area (Å²) in [7, 11) is 0. The van der Waals surface area contributed by atoms with Crippen molar-refractivity contribution in [2.75, 3.05) is 0 Å². The summed E-state index contributed by atoms with van der Waals surface area (Å²) < 4.78 is 50.9. The van der Waals surface area contributed by atoms with Crippen LogP contribution < -0.4 is 0 Å². The summed E-state index contributed by atoms with van der Waals surface area (Å²) in [6.45, 7) is 0. The van der Waals surface area contributed by atoms with Gasteiger partial charge in [0.05, 0.1) is 12.4 Å². The van der Waals surface area contributed by atoms with Gasteiger partial charge in [0, 0.05) is 47.6 Å². The third-order valence-electron chi connectivity index (χ3n) is 7.85. The number of furan rings is 1. The van der Waals surface area contributed by atoms with E-state index in [1.54, 1.807) is 11.3 Å². The van der Waals surface area contributed by atoms with Gasteiger partial charge in [-0.15, -0.1) is 11.3 Å². The Hall–Kier alpha value is -5.65. The Morgan fingerprint density at radius 2 is 1.18 bits per heavy atom. The Labute approximate surface area is 264 Å². The summed E-state index contributed by atoms with van der Waals surface area (Å²) in [5, 5.41) is 4.29. The molecule has 0 amide bonds. The zero-order valence-electron chi connectivity index (χ0n) is 28.1. The van der Waals surface area contributed by atoms with Gasteiger partial charge in [-0.2, -0.15) is 0 Å². The molecule has 6 aromatic carbocycles. The average molecular weight is 587 g/mol. The van der Waals surface area contributed by atoms with Crippen molar-refractivity contribution < 1.29 is 11.3 Å². The monoisotopic (exact) mass is 586 g/mol. The molecule has 5 heteroatoms. The SMILES string of the molecule is [2H]c1c([2H])c([2H])c(-c2nc(-c3ccccc3)nc(-c3cccc4c3oc3cccc(-c5cccc6c5sc5ccccc56)c34)n2)c([2H])c1[2H]. The van der Waals surface area contributed by atoms with Crippen LogP contribution in [0, 0.1) is 0 Å². The number of benzene rings is 6. The third-order valence-corrected chi connectivity index (χ3v) is 9.07. The number of para-hydroxylation sites is 1. The molecule has 4 nitrogen and oxygen atoms in total. The van der Waals surface area contributed by atoms with Crippen LogP contribution >= 0.6 is 11.3 Å². The summed E-state index contributed by atoms with van der Waals surface area (Å²) in [5.41, 5.74) is 4.64. The van der Waals surface area contributed by atoms with Gasteiger partial charge in [0.25, 0.3) is 0 Å². The number of rotatable bonds is 4. The summed E-state index contributed by atoms with van der Waals surface area (Å²) in [6, 6.07) is 33.9.